The molecule has 3 N–H and O–H groups in total. The maximum absolute atomic E-state index is 13.1. The molecule has 32 heavy (non-hydrogen) atoms. The Morgan fingerprint density at radius 2 is 1.81 bits per heavy atom. The van der Waals surface area contributed by atoms with Gasteiger partial charge in [-0.2, -0.15) is 12.7 Å². The molecule has 172 valence electrons. The SMILES string of the molecule is O=S1(=O)NC(O)=CN1c1ccc(CCC2CCCCN2S(=O)(=O)c2ccccc2)cc1O. The van der Waals surface area contributed by atoms with Gasteiger partial charge >= 0.3 is 10.2 Å². The monoisotopic (exact) mass is 479 g/mol. The van der Waals surface area contributed by atoms with E-state index in [2.05, 4.69) is 0 Å². The van der Waals surface area contributed by atoms with E-state index in [0.29, 0.717) is 19.4 Å². The number of aliphatic hydroxyl groups excluding tert-OH is 1. The Bertz CT molecular complexity index is 1230. The molecule has 4 rings (SSSR count). The van der Waals surface area contributed by atoms with Crippen LogP contribution in [0.15, 0.2) is 65.5 Å². The molecule has 1 fully saturated rings. The number of aryl methyl sites for hydroxylation is 1. The zero-order valence-electron chi connectivity index (χ0n) is 17.3. The summed E-state index contributed by atoms with van der Waals surface area (Å²) in [7, 11) is -7.58. The van der Waals surface area contributed by atoms with Crippen molar-refractivity contribution in [2.45, 2.75) is 43.0 Å². The summed E-state index contributed by atoms with van der Waals surface area (Å²) < 4.78 is 54.6. The second-order valence-electron chi connectivity index (χ2n) is 7.86. The number of sulfonamides is 1. The van der Waals surface area contributed by atoms with Gasteiger partial charge in [0.25, 0.3) is 0 Å². The predicted molar refractivity (Wildman–Crippen MR) is 120 cm³/mol. The number of benzene rings is 2. The Morgan fingerprint density at radius 1 is 1.06 bits per heavy atom. The summed E-state index contributed by atoms with van der Waals surface area (Å²) in [5.74, 6) is -0.790. The summed E-state index contributed by atoms with van der Waals surface area (Å²) in [5, 5.41) is 19.8. The van der Waals surface area contributed by atoms with Crippen molar-refractivity contribution in [2.24, 2.45) is 0 Å². The predicted octanol–water partition coefficient (Wildman–Crippen LogP) is 2.58. The van der Waals surface area contributed by atoms with Gasteiger partial charge in [0.15, 0.2) is 0 Å². The molecule has 0 bridgehead atoms. The van der Waals surface area contributed by atoms with Gasteiger partial charge in [0.05, 0.1) is 11.1 Å². The lowest BCUT2D eigenvalue weighted by Crippen LogP contribution is -2.43. The van der Waals surface area contributed by atoms with Crippen molar-refractivity contribution < 1.29 is 27.0 Å². The smallest absolute Gasteiger partial charge is 0.330 e. The standard InChI is InChI=1S/C21H25N3O6S2/c25-20-14-16(10-12-19(20)24-15-21(26)22-32(24,29)30)9-11-17-6-4-5-13-23(17)31(27,28)18-7-2-1-3-8-18/h1-3,7-8,10,12,14-15,17,22,25-26H,4-6,9,11,13H2. The van der Waals surface area contributed by atoms with Gasteiger partial charge in [-0.05, 0) is 55.5 Å². The van der Waals surface area contributed by atoms with Crippen LogP contribution in [-0.4, -0.2) is 43.9 Å². The number of anilines is 1. The Kier molecular flexibility index (Phi) is 6.06. The Balaban J connectivity index is 1.49. The number of aliphatic hydroxyl groups is 1. The average Bonchev–Trinajstić information content (AvgIpc) is 3.04. The maximum Gasteiger partial charge on any atom is 0.330 e. The third-order valence-corrected chi connectivity index (χ3v) is 8.95. The Labute approximate surface area is 187 Å². The molecule has 0 aromatic heterocycles. The van der Waals surface area contributed by atoms with E-state index in [0.717, 1.165) is 35.3 Å². The number of phenolic OH excluding ortho intramolecular Hbond substituents is 1. The first-order valence-corrected chi connectivity index (χ1v) is 13.2. The zero-order valence-corrected chi connectivity index (χ0v) is 18.9. The van der Waals surface area contributed by atoms with E-state index in [4.69, 9.17) is 0 Å². The summed E-state index contributed by atoms with van der Waals surface area (Å²) in [6, 6.07) is 12.9. The number of rotatable bonds is 6. The molecule has 1 atom stereocenters. The van der Waals surface area contributed by atoms with E-state index in [1.54, 1.807) is 40.7 Å². The molecule has 0 aliphatic carbocycles. The third-order valence-electron chi connectivity index (χ3n) is 5.70. The van der Waals surface area contributed by atoms with E-state index in [-0.39, 0.29) is 22.4 Å². The van der Waals surface area contributed by atoms with Gasteiger partial charge in [-0.3, -0.25) is 0 Å². The second kappa shape index (κ2) is 8.64. The summed E-state index contributed by atoms with van der Waals surface area (Å²) in [4.78, 5) is 0.283. The van der Waals surface area contributed by atoms with E-state index >= 15 is 0 Å². The molecule has 9 nitrogen and oxygen atoms in total. The first-order valence-electron chi connectivity index (χ1n) is 10.3. The van der Waals surface area contributed by atoms with Crippen LogP contribution in [0.5, 0.6) is 5.75 Å². The third kappa shape index (κ3) is 4.41. The molecule has 0 amide bonds. The van der Waals surface area contributed by atoms with E-state index < -0.39 is 26.1 Å². The molecule has 1 unspecified atom stereocenters. The minimum atomic E-state index is -4.00. The van der Waals surface area contributed by atoms with Crippen LogP contribution in [0, 0.1) is 0 Å². The fraction of sp³-hybridized carbons (Fsp3) is 0.333. The van der Waals surface area contributed by atoms with Crippen LogP contribution in [0.3, 0.4) is 0 Å². The molecule has 0 saturated carbocycles. The lowest BCUT2D eigenvalue weighted by Gasteiger charge is -2.34. The van der Waals surface area contributed by atoms with Gasteiger partial charge in [0, 0.05) is 12.6 Å². The van der Waals surface area contributed by atoms with E-state index in [1.807, 2.05) is 4.72 Å². The molecule has 2 heterocycles. The van der Waals surface area contributed by atoms with Gasteiger partial charge in [0.2, 0.25) is 15.9 Å². The number of phenols is 1. The van der Waals surface area contributed by atoms with Gasteiger partial charge < -0.3 is 10.2 Å². The number of nitrogens with one attached hydrogen (secondary N) is 1. The molecule has 0 radical (unpaired) electrons. The normalized spacial score (nSPS) is 21.2. The molecule has 11 heteroatoms. The maximum atomic E-state index is 13.1. The van der Waals surface area contributed by atoms with Crippen LogP contribution in [0.25, 0.3) is 0 Å². The van der Waals surface area contributed by atoms with Gasteiger partial charge in [-0.1, -0.05) is 30.7 Å². The number of hydrogen-bond donors (Lipinski definition) is 3. The molecule has 2 aliphatic heterocycles. The van der Waals surface area contributed by atoms with E-state index in [9.17, 15) is 27.0 Å². The highest BCUT2D eigenvalue weighted by atomic mass is 32.2. The molecular weight excluding hydrogens is 454 g/mol. The van der Waals surface area contributed by atoms with E-state index in [1.165, 1.54) is 12.1 Å². The molecule has 2 aromatic carbocycles. The summed E-state index contributed by atoms with van der Waals surface area (Å²) in [6.07, 6.45) is 4.60. The molecular formula is C21H25N3O6S2. The number of aromatic hydroxyl groups is 1. The topological polar surface area (TPSA) is 127 Å². The van der Waals surface area contributed by atoms with Gasteiger partial charge in [0.1, 0.15) is 11.4 Å². The van der Waals surface area contributed by atoms with Crippen LogP contribution < -0.4 is 9.03 Å². The highest BCUT2D eigenvalue weighted by Crippen LogP contribution is 2.34. The highest BCUT2D eigenvalue weighted by molar-refractivity contribution is 7.91. The van der Waals surface area contributed by atoms with Crippen LogP contribution in [0.4, 0.5) is 5.69 Å². The fourth-order valence-corrected chi connectivity index (χ4v) is 6.95. The van der Waals surface area contributed by atoms with Gasteiger partial charge in [-0.15, -0.1) is 0 Å². The summed E-state index contributed by atoms with van der Waals surface area (Å²) in [5.41, 5.74) is 0.767. The summed E-state index contributed by atoms with van der Waals surface area (Å²) in [6.45, 7) is 0.474. The largest absolute Gasteiger partial charge is 0.506 e. The number of hydrogen-bond acceptors (Lipinski definition) is 6. The van der Waals surface area contributed by atoms with Crippen molar-refractivity contribution in [3.63, 3.8) is 0 Å². The quantitative estimate of drug-likeness (QED) is 0.584. The molecule has 2 aliphatic rings. The van der Waals surface area contributed by atoms with Crippen molar-refractivity contribution >= 4 is 25.9 Å². The zero-order chi connectivity index (χ0) is 22.9. The van der Waals surface area contributed by atoms with Crippen molar-refractivity contribution in [2.75, 3.05) is 10.8 Å². The van der Waals surface area contributed by atoms with Crippen molar-refractivity contribution in [1.82, 2.24) is 9.03 Å². The lowest BCUT2D eigenvalue weighted by atomic mass is 9.97. The first-order chi connectivity index (χ1) is 15.2. The molecule has 1 saturated heterocycles. The van der Waals surface area contributed by atoms with Crippen molar-refractivity contribution in [1.29, 1.82) is 0 Å². The van der Waals surface area contributed by atoms with Crippen LogP contribution in [0.1, 0.15) is 31.2 Å². The minimum absolute atomic E-state index is 0.0104. The van der Waals surface area contributed by atoms with Crippen LogP contribution in [-0.2, 0) is 26.7 Å². The average molecular weight is 480 g/mol. The van der Waals surface area contributed by atoms with Crippen molar-refractivity contribution in [3.8, 4) is 5.75 Å². The number of piperidine rings is 1. The fourth-order valence-electron chi connectivity index (χ4n) is 4.14. The Hall–Kier alpha value is -2.76. The Morgan fingerprint density at radius 3 is 2.47 bits per heavy atom. The molecule has 2 aromatic rings. The number of nitrogens with zero attached hydrogens (tertiary/aromatic N) is 2. The van der Waals surface area contributed by atoms with Crippen LogP contribution in [0.2, 0.25) is 0 Å². The van der Waals surface area contributed by atoms with Crippen molar-refractivity contribution in [3.05, 3.63) is 66.2 Å². The van der Waals surface area contributed by atoms with Crippen LogP contribution >= 0.6 is 0 Å². The van der Waals surface area contributed by atoms with Gasteiger partial charge in [-0.25, -0.2) is 17.4 Å². The first kappa shape index (κ1) is 22.4. The molecule has 0 spiro atoms. The highest BCUT2D eigenvalue weighted by Gasteiger charge is 2.33. The summed E-state index contributed by atoms with van der Waals surface area (Å²) >= 11 is 0. The second-order valence-corrected chi connectivity index (χ2v) is 11.3. The lowest BCUT2D eigenvalue weighted by molar-refractivity contribution is 0.241. The minimum Gasteiger partial charge on any atom is -0.506 e.